The molecule has 0 saturated heterocycles. The van der Waals surface area contributed by atoms with E-state index < -0.39 is 46.3 Å². The van der Waals surface area contributed by atoms with Crippen LogP contribution >= 0.6 is 0 Å². The van der Waals surface area contributed by atoms with Gasteiger partial charge in [0.2, 0.25) is 0 Å². The molecule has 0 radical (unpaired) electrons. The highest BCUT2D eigenvalue weighted by Gasteiger charge is 2.39. The maximum atomic E-state index is 13.1. The first-order valence-corrected chi connectivity index (χ1v) is 6.67. The SMILES string of the molecule is Cc1cc(-c2ccc(C(F)(F)F)cc2C(F)(F)F)cc(C(F)(F)F)c1. The Kier molecular flexibility index (Phi) is 4.56. The monoisotopic (exact) mass is 372 g/mol. The molecule has 0 aliphatic carbocycles. The standard InChI is InChI=1S/C16H9F9/c1-8-4-9(6-11(5-8)15(20,21)22)12-3-2-10(14(17,18)19)7-13(12)16(23,24)25/h2-7H,1H3. The molecule has 0 N–H and O–H groups in total. The molecular weight excluding hydrogens is 363 g/mol. The third-order valence-electron chi connectivity index (χ3n) is 3.37. The van der Waals surface area contributed by atoms with Gasteiger partial charge in [-0.05, 0) is 47.9 Å². The van der Waals surface area contributed by atoms with E-state index in [0.717, 1.165) is 12.1 Å². The molecule has 0 atom stereocenters. The smallest absolute Gasteiger partial charge is 0.166 e. The lowest BCUT2D eigenvalue weighted by atomic mass is 9.94. The fourth-order valence-electron chi connectivity index (χ4n) is 2.31. The van der Waals surface area contributed by atoms with Crippen LogP contribution in [0.25, 0.3) is 11.1 Å². The summed E-state index contributed by atoms with van der Waals surface area (Å²) in [6.45, 7) is 1.25. The minimum atomic E-state index is -5.17. The topological polar surface area (TPSA) is 0 Å². The molecule has 0 heterocycles. The second kappa shape index (κ2) is 5.96. The van der Waals surface area contributed by atoms with Gasteiger partial charge in [-0.1, -0.05) is 12.1 Å². The number of halogens is 9. The van der Waals surface area contributed by atoms with Crippen LogP contribution in [0.1, 0.15) is 22.3 Å². The van der Waals surface area contributed by atoms with Crippen molar-refractivity contribution in [2.24, 2.45) is 0 Å². The van der Waals surface area contributed by atoms with E-state index in [4.69, 9.17) is 0 Å². The highest BCUT2D eigenvalue weighted by Crippen LogP contribution is 2.42. The van der Waals surface area contributed by atoms with Gasteiger partial charge >= 0.3 is 18.5 Å². The van der Waals surface area contributed by atoms with E-state index in [1.807, 2.05) is 0 Å². The molecule has 0 aliphatic rings. The van der Waals surface area contributed by atoms with Gasteiger partial charge in [-0.15, -0.1) is 0 Å². The quantitative estimate of drug-likeness (QED) is 0.488. The van der Waals surface area contributed by atoms with Gasteiger partial charge in [0.25, 0.3) is 0 Å². The van der Waals surface area contributed by atoms with Crippen LogP contribution in [-0.4, -0.2) is 0 Å². The maximum Gasteiger partial charge on any atom is 0.417 e. The summed E-state index contributed by atoms with van der Waals surface area (Å²) in [6, 6.07) is 3.09. The van der Waals surface area contributed by atoms with Gasteiger partial charge in [-0.3, -0.25) is 0 Å². The maximum absolute atomic E-state index is 13.1. The van der Waals surface area contributed by atoms with Crippen molar-refractivity contribution in [3.8, 4) is 11.1 Å². The van der Waals surface area contributed by atoms with Crippen molar-refractivity contribution in [1.29, 1.82) is 0 Å². The van der Waals surface area contributed by atoms with E-state index in [1.54, 1.807) is 0 Å². The normalized spacial score (nSPS) is 13.2. The van der Waals surface area contributed by atoms with E-state index in [0.29, 0.717) is 18.2 Å². The molecule has 2 aromatic rings. The summed E-state index contributed by atoms with van der Waals surface area (Å²) < 4.78 is 116. The lowest BCUT2D eigenvalue weighted by Crippen LogP contribution is -2.12. The summed E-state index contributed by atoms with van der Waals surface area (Å²) in [6.07, 6.45) is -15.0. The zero-order chi connectivity index (χ0) is 19.2. The van der Waals surface area contributed by atoms with Crippen LogP contribution in [0.5, 0.6) is 0 Å². The van der Waals surface area contributed by atoms with Crippen LogP contribution in [0, 0.1) is 6.92 Å². The number of aryl methyl sites for hydroxylation is 1. The highest BCUT2D eigenvalue weighted by atomic mass is 19.4. The number of hydrogen-bond acceptors (Lipinski definition) is 0. The van der Waals surface area contributed by atoms with E-state index in [2.05, 4.69) is 0 Å². The molecule has 0 aromatic heterocycles. The van der Waals surface area contributed by atoms with Crippen LogP contribution in [0.4, 0.5) is 39.5 Å². The largest absolute Gasteiger partial charge is 0.417 e. The minimum Gasteiger partial charge on any atom is -0.166 e. The van der Waals surface area contributed by atoms with Crippen molar-refractivity contribution in [3.63, 3.8) is 0 Å². The zero-order valence-corrected chi connectivity index (χ0v) is 12.4. The Bertz CT molecular complexity index is 780. The van der Waals surface area contributed by atoms with Gasteiger partial charge in [0.05, 0.1) is 16.7 Å². The summed E-state index contributed by atoms with van der Waals surface area (Å²) in [5.74, 6) is 0. The Morgan fingerprint density at radius 2 is 1.16 bits per heavy atom. The van der Waals surface area contributed by atoms with Gasteiger partial charge in [0.1, 0.15) is 0 Å². The second-order valence-corrected chi connectivity index (χ2v) is 5.34. The van der Waals surface area contributed by atoms with E-state index in [-0.39, 0.29) is 11.6 Å². The Morgan fingerprint density at radius 3 is 1.64 bits per heavy atom. The predicted octanol–water partition coefficient (Wildman–Crippen LogP) is 6.72. The number of rotatable bonds is 1. The molecule has 0 amide bonds. The summed E-state index contributed by atoms with van der Waals surface area (Å²) in [5.41, 5.74) is -5.57. The van der Waals surface area contributed by atoms with Crippen LogP contribution < -0.4 is 0 Å². The first-order chi connectivity index (χ1) is 11.2. The van der Waals surface area contributed by atoms with Gasteiger partial charge in [0, 0.05) is 0 Å². The first-order valence-electron chi connectivity index (χ1n) is 6.67. The Balaban J connectivity index is 2.73. The third-order valence-corrected chi connectivity index (χ3v) is 3.37. The molecule has 0 spiro atoms. The van der Waals surface area contributed by atoms with E-state index >= 15 is 0 Å². The average Bonchev–Trinajstić information content (AvgIpc) is 2.43. The molecule has 0 saturated carbocycles. The van der Waals surface area contributed by atoms with Crippen LogP contribution in [-0.2, 0) is 18.5 Å². The van der Waals surface area contributed by atoms with Crippen molar-refractivity contribution in [2.45, 2.75) is 25.5 Å². The van der Waals surface area contributed by atoms with Crippen molar-refractivity contribution in [1.82, 2.24) is 0 Å². The Hall–Kier alpha value is -2.19. The van der Waals surface area contributed by atoms with E-state index in [9.17, 15) is 39.5 Å². The fraction of sp³-hybridized carbons (Fsp3) is 0.250. The molecule has 0 nitrogen and oxygen atoms in total. The molecule has 0 unspecified atom stereocenters. The predicted molar refractivity (Wildman–Crippen MR) is 71.6 cm³/mol. The Labute approximate surface area is 135 Å². The second-order valence-electron chi connectivity index (χ2n) is 5.34. The molecule has 0 bridgehead atoms. The third kappa shape index (κ3) is 4.26. The number of benzene rings is 2. The molecule has 0 aliphatic heterocycles. The van der Waals surface area contributed by atoms with Gasteiger partial charge in [0.15, 0.2) is 0 Å². The van der Waals surface area contributed by atoms with Crippen molar-refractivity contribution >= 4 is 0 Å². The molecule has 25 heavy (non-hydrogen) atoms. The molecule has 2 aromatic carbocycles. The summed E-state index contributed by atoms with van der Waals surface area (Å²) >= 11 is 0. The summed E-state index contributed by atoms with van der Waals surface area (Å²) in [5, 5.41) is 0. The zero-order valence-electron chi connectivity index (χ0n) is 12.4. The van der Waals surface area contributed by atoms with Gasteiger partial charge < -0.3 is 0 Å². The first kappa shape index (κ1) is 19.1. The molecule has 9 heteroatoms. The van der Waals surface area contributed by atoms with Crippen LogP contribution in [0.15, 0.2) is 36.4 Å². The molecular formula is C16H9F9. The van der Waals surface area contributed by atoms with Crippen molar-refractivity contribution in [2.75, 3.05) is 0 Å². The average molecular weight is 372 g/mol. The molecule has 0 fully saturated rings. The summed E-state index contributed by atoms with van der Waals surface area (Å²) in [7, 11) is 0. The van der Waals surface area contributed by atoms with Crippen LogP contribution in [0.2, 0.25) is 0 Å². The summed E-state index contributed by atoms with van der Waals surface area (Å²) in [4.78, 5) is 0. The minimum absolute atomic E-state index is 0.0258. The number of hydrogen-bond donors (Lipinski definition) is 0. The lowest BCUT2D eigenvalue weighted by molar-refractivity contribution is -0.142. The van der Waals surface area contributed by atoms with Gasteiger partial charge in [-0.25, -0.2) is 0 Å². The molecule has 136 valence electrons. The van der Waals surface area contributed by atoms with Crippen molar-refractivity contribution < 1.29 is 39.5 Å². The van der Waals surface area contributed by atoms with E-state index in [1.165, 1.54) is 6.92 Å². The fourth-order valence-corrected chi connectivity index (χ4v) is 2.31. The lowest BCUT2D eigenvalue weighted by Gasteiger charge is -2.17. The van der Waals surface area contributed by atoms with Crippen molar-refractivity contribution in [3.05, 3.63) is 58.7 Å². The van der Waals surface area contributed by atoms with Gasteiger partial charge in [-0.2, -0.15) is 39.5 Å². The molecule has 2 rings (SSSR count). The number of alkyl halides is 9. The van der Waals surface area contributed by atoms with Crippen LogP contribution in [0.3, 0.4) is 0 Å². The Morgan fingerprint density at radius 1 is 0.600 bits per heavy atom. The highest BCUT2D eigenvalue weighted by molar-refractivity contribution is 5.70.